The first-order valence-electron chi connectivity index (χ1n) is 13.8. The van der Waals surface area contributed by atoms with E-state index in [1.807, 2.05) is 6.92 Å². The summed E-state index contributed by atoms with van der Waals surface area (Å²) < 4.78 is 44.7. The minimum absolute atomic E-state index is 0.00223. The van der Waals surface area contributed by atoms with Gasteiger partial charge in [-0.2, -0.15) is 4.31 Å². The van der Waals surface area contributed by atoms with Crippen molar-refractivity contribution in [2.75, 3.05) is 37.4 Å². The van der Waals surface area contributed by atoms with E-state index in [9.17, 15) is 23.1 Å². The van der Waals surface area contributed by atoms with Gasteiger partial charge in [0.25, 0.3) is 0 Å². The molecular formula is C28H38N6O8S. The monoisotopic (exact) mass is 618 g/mol. The van der Waals surface area contributed by atoms with Crippen LogP contribution in [-0.2, 0) is 21.2 Å². The van der Waals surface area contributed by atoms with E-state index in [2.05, 4.69) is 20.9 Å². The predicted octanol–water partition coefficient (Wildman–Crippen LogP) is 3.01. The first-order chi connectivity index (χ1) is 20.2. The highest BCUT2D eigenvalue weighted by atomic mass is 32.2. The molecule has 1 aromatic carbocycles. The fraction of sp³-hybridized carbons (Fsp3) is 0.500. The molecule has 0 saturated heterocycles. The van der Waals surface area contributed by atoms with Crippen molar-refractivity contribution in [1.29, 1.82) is 0 Å². The zero-order chi connectivity index (χ0) is 31.6. The van der Waals surface area contributed by atoms with Gasteiger partial charge in [0.2, 0.25) is 15.9 Å². The zero-order valence-corrected chi connectivity index (χ0v) is 26.1. The van der Waals surface area contributed by atoms with Crippen molar-refractivity contribution in [3.05, 3.63) is 46.7 Å². The van der Waals surface area contributed by atoms with Crippen LogP contribution in [0.2, 0.25) is 0 Å². The van der Waals surface area contributed by atoms with Crippen molar-refractivity contribution < 1.29 is 36.9 Å². The molecule has 3 aromatic rings. The normalized spacial score (nSPS) is 18.3. The first kappa shape index (κ1) is 32.0. The molecule has 0 bridgehead atoms. The van der Waals surface area contributed by atoms with E-state index in [1.54, 1.807) is 50.8 Å². The van der Waals surface area contributed by atoms with Crippen molar-refractivity contribution >= 4 is 33.3 Å². The SMILES string of the molecule is Cc1noc(C)c1NC(=O)Nc1ccc2c(c1)CC(=O)N([C@@H](C)CO)C[C@@H](C)[C@H](CN(C)S(=O)(=O)c1c(C)noc1C)O2. The van der Waals surface area contributed by atoms with E-state index >= 15 is 0 Å². The molecule has 0 spiro atoms. The van der Waals surface area contributed by atoms with Gasteiger partial charge in [-0.15, -0.1) is 0 Å². The number of carbonyl (C=O) groups excluding carboxylic acids is 2. The van der Waals surface area contributed by atoms with E-state index in [-0.39, 0.29) is 54.3 Å². The van der Waals surface area contributed by atoms with Gasteiger partial charge in [-0.1, -0.05) is 17.2 Å². The number of amides is 3. The number of aliphatic hydroxyl groups is 1. The average molecular weight is 619 g/mol. The number of aryl methyl sites for hydroxylation is 4. The Morgan fingerprint density at radius 1 is 1.14 bits per heavy atom. The summed E-state index contributed by atoms with van der Waals surface area (Å²) in [5, 5.41) is 23.0. The van der Waals surface area contributed by atoms with Crippen LogP contribution in [0.15, 0.2) is 32.1 Å². The molecule has 0 saturated carbocycles. The number of anilines is 2. The summed E-state index contributed by atoms with van der Waals surface area (Å²) in [6, 6.07) is 3.90. The van der Waals surface area contributed by atoms with Crippen molar-refractivity contribution in [2.24, 2.45) is 5.92 Å². The topological polar surface area (TPSA) is 180 Å². The Labute approximate surface area is 250 Å². The molecule has 0 aliphatic carbocycles. The van der Waals surface area contributed by atoms with E-state index in [0.717, 1.165) is 0 Å². The third kappa shape index (κ3) is 6.84. The Morgan fingerprint density at radius 3 is 2.42 bits per heavy atom. The van der Waals surface area contributed by atoms with E-state index in [0.29, 0.717) is 34.1 Å². The fourth-order valence-corrected chi connectivity index (χ4v) is 6.48. The Bertz CT molecular complexity index is 1560. The molecule has 43 heavy (non-hydrogen) atoms. The molecule has 2 aromatic heterocycles. The molecule has 0 radical (unpaired) electrons. The third-order valence-corrected chi connectivity index (χ3v) is 9.59. The Morgan fingerprint density at radius 2 is 1.81 bits per heavy atom. The standard InChI is InChI=1S/C28H38N6O8S/c1-15-12-34(16(2)14-35)25(36)11-21-10-22(29-28(37)30-26-17(3)31-41-19(26)5)8-9-23(21)40-24(15)13-33(7)43(38,39)27-18(4)32-42-20(27)6/h8-10,15-16,24,35H,11-14H2,1-7H3,(H2,29,30,37)/t15-,16+,24+/m1/s1. The summed E-state index contributed by atoms with van der Waals surface area (Å²) >= 11 is 0. The van der Waals surface area contributed by atoms with Gasteiger partial charge >= 0.3 is 6.03 Å². The lowest BCUT2D eigenvalue weighted by Crippen LogP contribution is -2.48. The molecule has 15 heteroatoms. The molecule has 14 nitrogen and oxygen atoms in total. The lowest BCUT2D eigenvalue weighted by molar-refractivity contribution is -0.134. The van der Waals surface area contributed by atoms with Crippen LogP contribution in [0.4, 0.5) is 16.2 Å². The zero-order valence-electron chi connectivity index (χ0n) is 25.3. The van der Waals surface area contributed by atoms with Crippen molar-refractivity contribution in [3.63, 3.8) is 0 Å². The number of hydrogen-bond acceptors (Lipinski definition) is 10. The molecule has 3 atom stereocenters. The number of ether oxygens (including phenoxy) is 1. The van der Waals surface area contributed by atoms with Gasteiger partial charge < -0.3 is 34.4 Å². The summed E-state index contributed by atoms with van der Waals surface area (Å²) in [4.78, 5) is 27.8. The summed E-state index contributed by atoms with van der Waals surface area (Å²) in [5.74, 6) is 0.451. The second-order valence-corrected chi connectivity index (χ2v) is 12.9. The van der Waals surface area contributed by atoms with Crippen molar-refractivity contribution in [3.8, 4) is 5.75 Å². The Balaban J connectivity index is 1.64. The van der Waals surface area contributed by atoms with Crippen LogP contribution in [0, 0.1) is 33.6 Å². The van der Waals surface area contributed by atoms with Crippen LogP contribution in [0.1, 0.15) is 42.3 Å². The van der Waals surface area contributed by atoms with Gasteiger partial charge in [-0.25, -0.2) is 13.2 Å². The highest BCUT2D eigenvalue weighted by Crippen LogP contribution is 2.31. The quantitative estimate of drug-likeness (QED) is 0.340. The number of rotatable bonds is 8. The highest BCUT2D eigenvalue weighted by molar-refractivity contribution is 7.89. The van der Waals surface area contributed by atoms with E-state index in [4.69, 9.17) is 13.8 Å². The maximum atomic E-state index is 13.5. The van der Waals surface area contributed by atoms with Crippen LogP contribution in [0.25, 0.3) is 0 Å². The number of carbonyl (C=O) groups is 2. The minimum atomic E-state index is -3.97. The summed E-state index contributed by atoms with van der Waals surface area (Å²) in [6.45, 7) is 10.0. The molecule has 1 aliphatic heterocycles. The number of sulfonamides is 1. The van der Waals surface area contributed by atoms with Gasteiger partial charge in [0.05, 0.1) is 25.6 Å². The van der Waals surface area contributed by atoms with E-state index < -0.39 is 28.2 Å². The molecule has 234 valence electrons. The van der Waals surface area contributed by atoms with Crippen LogP contribution < -0.4 is 15.4 Å². The second-order valence-electron chi connectivity index (χ2n) is 10.9. The molecule has 4 rings (SSSR count). The molecule has 3 heterocycles. The minimum Gasteiger partial charge on any atom is -0.488 e. The molecular weight excluding hydrogens is 580 g/mol. The van der Waals surface area contributed by atoms with Crippen LogP contribution >= 0.6 is 0 Å². The van der Waals surface area contributed by atoms with Gasteiger partial charge in [-0.3, -0.25) is 4.79 Å². The molecule has 1 aliphatic rings. The van der Waals surface area contributed by atoms with Crippen LogP contribution in [0.3, 0.4) is 0 Å². The van der Waals surface area contributed by atoms with Gasteiger partial charge in [0, 0.05) is 30.8 Å². The lowest BCUT2D eigenvalue weighted by Gasteiger charge is -2.33. The number of nitrogens with one attached hydrogen (secondary N) is 2. The maximum absolute atomic E-state index is 13.5. The second kappa shape index (κ2) is 12.7. The fourth-order valence-electron chi connectivity index (χ4n) is 5.01. The Hall–Kier alpha value is -3.95. The molecule has 3 amide bonds. The molecule has 0 unspecified atom stereocenters. The highest BCUT2D eigenvalue weighted by Gasteiger charge is 2.35. The average Bonchev–Trinajstić information content (AvgIpc) is 3.47. The number of likely N-dealkylation sites (N-methyl/N-ethyl adjacent to an activating group) is 1. The third-order valence-electron chi connectivity index (χ3n) is 7.52. The lowest BCUT2D eigenvalue weighted by atomic mass is 10.0. The maximum Gasteiger partial charge on any atom is 0.323 e. The number of nitrogens with zero attached hydrogens (tertiary/aromatic N) is 4. The number of aromatic nitrogens is 2. The molecule has 0 fully saturated rings. The van der Waals surface area contributed by atoms with E-state index in [1.165, 1.54) is 18.3 Å². The largest absolute Gasteiger partial charge is 0.488 e. The van der Waals surface area contributed by atoms with Crippen molar-refractivity contribution in [2.45, 2.75) is 65.0 Å². The predicted molar refractivity (Wildman–Crippen MR) is 156 cm³/mol. The number of aliphatic hydroxyl groups excluding tert-OH is 1. The Kier molecular flexibility index (Phi) is 9.47. The molecule has 3 N–H and O–H groups in total. The number of benzene rings is 1. The van der Waals surface area contributed by atoms with Crippen LogP contribution in [0.5, 0.6) is 5.75 Å². The number of hydrogen-bond donors (Lipinski definition) is 3. The smallest absolute Gasteiger partial charge is 0.323 e. The number of fused-ring (bicyclic) bond motifs is 1. The van der Waals surface area contributed by atoms with Gasteiger partial charge in [-0.05, 0) is 52.8 Å². The summed E-state index contributed by atoms with van der Waals surface area (Å²) in [6.07, 6.45) is -0.743. The first-order valence-corrected chi connectivity index (χ1v) is 15.3. The summed E-state index contributed by atoms with van der Waals surface area (Å²) in [7, 11) is -2.52. The van der Waals surface area contributed by atoms with Crippen LogP contribution in [-0.4, -0.2) is 83.9 Å². The van der Waals surface area contributed by atoms with Gasteiger partial charge in [0.15, 0.2) is 11.5 Å². The number of urea groups is 1. The summed E-state index contributed by atoms with van der Waals surface area (Å²) in [5.41, 5.74) is 2.14. The van der Waals surface area contributed by atoms with Crippen molar-refractivity contribution in [1.82, 2.24) is 19.5 Å². The van der Waals surface area contributed by atoms with Gasteiger partial charge in [0.1, 0.15) is 33.8 Å².